The maximum atomic E-state index is 3.71. The highest BCUT2D eigenvalue weighted by molar-refractivity contribution is 5.38. The highest BCUT2D eigenvalue weighted by atomic mass is 15.0. The Morgan fingerprint density at radius 2 is 1.43 bits per heavy atom. The van der Waals surface area contributed by atoms with E-state index in [1.54, 1.807) is 0 Å². The van der Waals surface area contributed by atoms with Crippen molar-refractivity contribution in [2.45, 2.75) is 74.3 Å². The van der Waals surface area contributed by atoms with E-state index in [0.717, 1.165) is 13.0 Å². The molecule has 21 heavy (non-hydrogen) atoms. The summed E-state index contributed by atoms with van der Waals surface area (Å²) >= 11 is 0. The second kappa shape index (κ2) is 6.52. The lowest BCUT2D eigenvalue weighted by Crippen LogP contribution is -2.46. The first-order chi connectivity index (χ1) is 9.44. The van der Waals surface area contributed by atoms with Crippen LogP contribution in [-0.2, 0) is 6.42 Å². The third-order valence-corrected chi connectivity index (χ3v) is 4.84. The second-order valence-electron chi connectivity index (χ2n) is 8.47. The fourth-order valence-electron chi connectivity index (χ4n) is 2.83. The molecule has 1 heteroatoms. The summed E-state index contributed by atoms with van der Waals surface area (Å²) in [5, 5.41) is 3.71. The van der Waals surface area contributed by atoms with Gasteiger partial charge in [0.1, 0.15) is 0 Å². The summed E-state index contributed by atoms with van der Waals surface area (Å²) in [6, 6.07) is 4.64. The third-order valence-electron chi connectivity index (χ3n) is 4.84. The molecule has 0 saturated heterocycles. The molecule has 1 aromatic carbocycles. The first-order valence-corrected chi connectivity index (χ1v) is 8.26. The van der Waals surface area contributed by atoms with Crippen molar-refractivity contribution in [3.05, 3.63) is 34.4 Å². The fraction of sp³-hybridized carbons (Fsp3) is 0.700. The number of hydrogen-bond acceptors (Lipinski definition) is 1. The predicted octanol–water partition coefficient (Wildman–Crippen LogP) is 5.20. The third kappa shape index (κ3) is 5.14. The SMILES string of the molecule is Cc1cc(C)c(CC(C)(CNC(C)(C)C)C(C)C)c(C)c1. The van der Waals surface area contributed by atoms with Crippen LogP contribution in [0.15, 0.2) is 12.1 Å². The van der Waals surface area contributed by atoms with E-state index >= 15 is 0 Å². The lowest BCUT2D eigenvalue weighted by atomic mass is 9.72. The average Bonchev–Trinajstić information content (AvgIpc) is 2.30. The van der Waals surface area contributed by atoms with Crippen molar-refractivity contribution < 1.29 is 0 Å². The Labute approximate surface area is 132 Å². The van der Waals surface area contributed by atoms with Gasteiger partial charge in [0.15, 0.2) is 0 Å². The van der Waals surface area contributed by atoms with Crippen LogP contribution in [0.3, 0.4) is 0 Å². The number of rotatable bonds is 5. The van der Waals surface area contributed by atoms with E-state index in [4.69, 9.17) is 0 Å². The Kier molecular flexibility index (Phi) is 5.66. The van der Waals surface area contributed by atoms with Crippen molar-refractivity contribution >= 4 is 0 Å². The van der Waals surface area contributed by atoms with E-state index in [1.165, 1.54) is 22.3 Å². The Bertz CT molecular complexity index is 456. The van der Waals surface area contributed by atoms with Gasteiger partial charge in [-0.15, -0.1) is 0 Å². The van der Waals surface area contributed by atoms with Crippen LogP contribution in [0.5, 0.6) is 0 Å². The van der Waals surface area contributed by atoms with Crippen LogP contribution in [0.1, 0.15) is 63.8 Å². The molecule has 1 unspecified atom stereocenters. The smallest absolute Gasteiger partial charge is 0.00967 e. The van der Waals surface area contributed by atoms with Gasteiger partial charge in [-0.05, 0) is 76.0 Å². The maximum absolute atomic E-state index is 3.71. The molecule has 120 valence electrons. The first-order valence-electron chi connectivity index (χ1n) is 8.26. The van der Waals surface area contributed by atoms with Gasteiger partial charge in [-0.2, -0.15) is 0 Å². The van der Waals surface area contributed by atoms with Gasteiger partial charge in [0.2, 0.25) is 0 Å². The van der Waals surface area contributed by atoms with Crippen molar-refractivity contribution in [1.82, 2.24) is 5.32 Å². The van der Waals surface area contributed by atoms with Crippen molar-refractivity contribution in [2.24, 2.45) is 11.3 Å². The number of nitrogens with one attached hydrogen (secondary N) is 1. The number of hydrogen-bond donors (Lipinski definition) is 1. The highest BCUT2D eigenvalue weighted by Gasteiger charge is 2.31. The summed E-state index contributed by atoms with van der Waals surface area (Å²) in [6.07, 6.45) is 1.14. The molecule has 0 heterocycles. The van der Waals surface area contributed by atoms with Crippen LogP contribution < -0.4 is 5.32 Å². The highest BCUT2D eigenvalue weighted by Crippen LogP contribution is 2.33. The van der Waals surface area contributed by atoms with Gasteiger partial charge in [-0.25, -0.2) is 0 Å². The van der Waals surface area contributed by atoms with Gasteiger partial charge in [0.25, 0.3) is 0 Å². The zero-order chi connectivity index (χ0) is 16.4. The molecule has 0 aromatic heterocycles. The Balaban J connectivity index is 3.03. The van der Waals surface area contributed by atoms with Crippen LogP contribution in [0.25, 0.3) is 0 Å². The molecule has 1 N–H and O–H groups in total. The summed E-state index contributed by atoms with van der Waals surface area (Å²) < 4.78 is 0. The van der Waals surface area contributed by atoms with Crippen molar-refractivity contribution in [2.75, 3.05) is 6.54 Å². The summed E-state index contributed by atoms with van der Waals surface area (Å²) in [6.45, 7) is 21.6. The minimum atomic E-state index is 0.174. The van der Waals surface area contributed by atoms with Crippen molar-refractivity contribution in [1.29, 1.82) is 0 Å². The molecule has 0 spiro atoms. The summed E-state index contributed by atoms with van der Waals surface area (Å²) in [5.74, 6) is 0.646. The van der Waals surface area contributed by atoms with Gasteiger partial charge in [-0.1, -0.05) is 38.5 Å². The summed E-state index contributed by atoms with van der Waals surface area (Å²) in [5.41, 5.74) is 6.23. The molecule has 1 atom stereocenters. The van der Waals surface area contributed by atoms with Crippen LogP contribution in [0, 0.1) is 32.1 Å². The van der Waals surface area contributed by atoms with Gasteiger partial charge in [0, 0.05) is 12.1 Å². The quantitative estimate of drug-likeness (QED) is 0.785. The molecular weight excluding hydrogens is 254 g/mol. The molecule has 0 amide bonds. The molecule has 0 bridgehead atoms. The van der Waals surface area contributed by atoms with Crippen LogP contribution >= 0.6 is 0 Å². The minimum Gasteiger partial charge on any atom is -0.312 e. The molecule has 0 radical (unpaired) electrons. The summed E-state index contributed by atoms with van der Waals surface area (Å²) in [7, 11) is 0. The van der Waals surface area contributed by atoms with E-state index < -0.39 is 0 Å². The molecule has 1 aromatic rings. The van der Waals surface area contributed by atoms with E-state index in [2.05, 4.69) is 79.8 Å². The minimum absolute atomic E-state index is 0.174. The molecule has 0 aliphatic carbocycles. The van der Waals surface area contributed by atoms with Gasteiger partial charge in [-0.3, -0.25) is 0 Å². The molecule has 0 fully saturated rings. The monoisotopic (exact) mass is 289 g/mol. The Morgan fingerprint density at radius 3 is 1.81 bits per heavy atom. The summed E-state index contributed by atoms with van der Waals surface area (Å²) in [4.78, 5) is 0. The first kappa shape index (κ1) is 18.2. The van der Waals surface area contributed by atoms with Gasteiger partial charge >= 0.3 is 0 Å². The fourth-order valence-corrected chi connectivity index (χ4v) is 2.83. The molecule has 0 aliphatic heterocycles. The predicted molar refractivity (Wildman–Crippen MR) is 95.1 cm³/mol. The van der Waals surface area contributed by atoms with Gasteiger partial charge in [0.05, 0.1) is 0 Å². The van der Waals surface area contributed by atoms with E-state index in [-0.39, 0.29) is 11.0 Å². The lowest BCUT2D eigenvalue weighted by molar-refractivity contribution is 0.187. The lowest BCUT2D eigenvalue weighted by Gasteiger charge is -2.38. The number of aryl methyl sites for hydroxylation is 3. The maximum Gasteiger partial charge on any atom is 0.00967 e. The standard InChI is InChI=1S/C20H35N/c1-14(2)20(9,13-21-19(6,7)8)12-18-16(4)10-15(3)11-17(18)5/h10-11,14,21H,12-13H2,1-9H3. The normalized spacial score (nSPS) is 15.3. The van der Waals surface area contributed by atoms with Crippen LogP contribution in [0.2, 0.25) is 0 Å². The van der Waals surface area contributed by atoms with E-state index in [1.807, 2.05) is 0 Å². The van der Waals surface area contributed by atoms with E-state index in [0.29, 0.717) is 5.92 Å². The molecular formula is C20H35N. The zero-order valence-electron chi connectivity index (χ0n) is 15.6. The average molecular weight is 290 g/mol. The van der Waals surface area contributed by atoms with Crippen molar-refractivity contribution in [3.63, 3.8) is 0 Å². The zero-order valence-corrected chi connectivity index (χ0v) is 15.6. The largest absolute Gasteiger partial charge is 0.312 e. The van der Waals surface area contributed by atoms with E-state index in [9.17, 15) is 0 Å². The molecule has 0 saturated carbocycles. The molecule has 0 aliphatic rings. The molecule has 1 rings (SSSR count). The second-order valence-corrected chi connectivity index (χ2v) is 8.47. The van der Waals surface area contributed by atoms with Crippen LogP contribution in [-0.4, -0.2) is 12.1 Å². The van der Waals surface area contributed by atoms with Crippen LogP contribution in [0.4, 0.5) is 0 Å². The van der Waals surface area contributed by atoms with Gasteiger partial charge < -0.3 is 5.32 Å². The molecule has 1 nitrogen and oxygen atoms in total. The Morgan fingerprint density at radius 1 is 0.952 bits per heavy atom. The number of benzene rings is 1. The van der Waals surface area contributed by atoms with Crippen molar-refractivity contribution in [3.8, 4) is 0 Å². The Hall–Kier alpha value is -0.820. The topological polar surface area (TPSA) is 12.0 Å².